The number of benzene rings is 1. The van der Waals surface area contributed by atoms with Crippen molar-refractivity contribution in [2.24, 2.45) is 0 Å². The molecule has 0 spiro atoms. The maximum atomic E-state index is 5.56. The molecular weight excluding hydrogens is 337 g/mol. The second kappa shape index (κ2) is 6.36. The van der Waals surface area contributed by atoms with Gasteiger partial charge in [-0.15, -0.1) is 0 Å². The Bertz CT molecular complexity index is 552. The average Bonchev–Trinajstić information content (AvgIpc) is 2.31. The van der Waals surface area contributed by atoms with Crippen molar-refractivity contribution in [3.63, 3.8) is 0 Å². The first kappa shape index (κ1) is 15.2. The quantitative estimate of drug-likeness (QED) is 0.564. The fourth-order valence-corrected chi connectivity index (χ4v) is 2.40. The van der Waals surface area contributed by atoms with Gasteiger partial charge in [0, 0.05) is 19.1 Å². The molecule has 0 aliphatic heterocycles. The number of hydrogen-bond acceptors (Lipinski definition) is 1. The van der Waals surface area contributed by atoms with Gasteiger partial charge in [-0.25, -0.2) is 0 Å². The highest BCUT2D eigenvalue weighted by molar-refractivity contribution is 5.81. The van der Waals surface area contributed by atoms with Crippen LogP contribution in [0.1, 0.15) is 25.1 Å². The first-order chi connectivity index (χ1) is 8.17. The molecule has 3 heteroatoms. The molecule has 1 heterocycles. The molecule has 0 amide bonds. The molecule has 2 aromatic rings. The molecule has 0 aliphatic rings. The van der Waals surface area contributed by atoms with Crippen LogP contribution >= 0.6 is 0 Å². The maximum Gasteiger partial charge on any atom is 0.213 e. The van der Waals surface area contributed by atoms with E-state index in [0.29, 0.717) is 6.61 Å². The van der Waals surface area contributed by atoms with Crippen LogP contribution in [0.3, 0.4) is 0 Å². The summed E-state index contributed by atoms with van der Waals surface area (Å²) < 4.78 is 7.89. The van der Waals surface area contributed by atoms with Crippen molar-refractivity contribution in [2.75, 3.05) is 6.61 Å². The highest BCUT2D eigenvalue weighted by atomic mass is 127. The lowest BCUT2D eigenvalue weighted by atomic mass is 10.1. The summed E-state index contributed by atoms with van der Waals surface area (Å²) in [5.74, 6) is 0.953. The lowest BCUT2D eigenvalue weighted by molar-refractivity contribution is -0.673. The van der Waals surface area contributed by atoms with Gasteiger partial charge in [0.15, 0.2) is 5.69 Å². The van der Waals surface area contributed by atoms with Gasteiger partial charge >= 0.3 is 0 Å². The number of nitrogens with zero attached hydrogens (tertiary/aromatic N) is 1. The third-order valence-electron chi connectivity index (χ3n) is 3.16. The van der Waals surface area contributed by atoms with Gasteiger partial charge in [0.2, 0.25) is 5.52 Å². The zero-order chi connectivity index (χ0) is 12.4. The Morgan fingerprint density at radius 3 is 2.44 bits per heavy atom. The minimum absolute atomic E-state index is 0. The molecule has 98 valence electrons. The Hall–Kier alpha value is -0.840. The number of aromatic nitrogens is 1. The second-order valence-corrected chi connectivity index (χ2v) is 4.32. The number of halogens is 1. The SMILES string of the molecule is CCOc1ccc2c(c1)c(C)cc(C)[n+]2CC.[I-]. The monoisotopic (exact) mass is 357 g/mol. The molecule has 0 radical (unpaired) electrons. The molecule has 0 N–H and O–H groups in total. The molecule has 0 aliphatic carbocycles. The molecule has 1 aromatic carbocycles. The first-order valence-electron chi connectivity index (χ1n) is 6.24. The normalized spacial score (nSPS) is 10.2. The van der Waals surface area contributed by atoms with E-state index in [4.69, 9.17) is 4.74 Å². The summed E-state index contributed by atoms with van der Waals surface area (Å²) in [7, 11) is 0. The van der Waals surface area contributed by atoms with Crippen molar-refractivity contribution in [1.82, 2.24) is 0 Å². The van der Waals surface area contributed by atoms with Gasteiger partial charge in [-0.3, -0.25) is 0 Å². The van der Waals surface area contributed by atoms with Gasteiger partial charge in [-0.05, 0) is 38.5 Å². The van der Waals surface area contributed by atoms with Crippen LogP contribution in [0.5, 0.6) is 5.75 Å². The molecule has 0 fully saturated rings. The summed E-state index contributed by atoms with van der Waals surface area (Å²) in [4.78, 5) is 0. The summed E-state index contributed by atoms with van der Waals surface area (Å²) >= 11 is 0. The summed E-state index contributed by atoms with van der Waals surface area (Å²) in [6.07, 6.45) is 0. The van der Waals surface area contributed by atoms with Gasteiger partial charge in [-0.2, -0.15) is 4.57 Å². The lowest BCUT2D eigenvalue weighted by Gasteiger charge is -2.08. The lowest BCUT2D eigenvalue weighted by Crippen LogP contribution is -3.00. The molecule has 2 nitrogen and oxygen atoms in total. The summed E-state index contributed by atoms with van der Waals surface area (Å²) in [6, 6.07) is 8.59. The van der Waals surface area contributed by atoms with Crippen LogP contribution in [0, 0.1) is 13.8 Å². The number of fused-ring (bicyclic) bond motifs is 1. The van der Waals surface area contributed by atoms with Crippen molar-refractivity contribution in [3.8, 4) is 5.75 Å². The van der Waals surface area contributed by atoms with E-state index in [0.717, 1.165) is 12.3 Å². The van der Waals surface area contributed by atoms with Crippen LogP contribution in [0.2, 0.25) is 0 Å². The second-order valence-electron chi connectivity index (χ2n) is 4.32. The largest absolute Gasteiger partial charge is 1.00 e. The fourth-order valence-electron chi connectivity index (χ4n) is 2.40. The van der Waals surface area contributed by atoms with Crippen LogP contribution in [0.4, 0.5) is 0 Å². The van der Waals surface area contributed by atoms with E-state index in [-0.39, 0.29) is 24.0 Å². The van der Waals surface area contributed by atoms with Gasteiger partial charge in [0.25, 0.3) is 0 Å². The van der Waals surface area contributed by atoms with E-state index >= 15 is 0 Å². The minimum atomic E-state index is 0. The van der Waals surface area contributed by atoms with Crippen molar-refractivity contribution in [1.29, 1.82) is 0 Å². The molecule has 0 bridgehead atoms. The van der Waals surface area contributed by atoms with Crippen molar-refractivity contribution < 1.29 is 33.3 Å². The van der Waals surface area contributed by atoms with Crippen LogP contribution in [-0.4, -0.2) is 6.61 Å². The highest BCUT2D eigenvalue weighted by Crippen LogP contribution is 2.22. The molecule has 0 saturated carbocycles. The van der Waals surface area contributed by atoms with Crippen molar-refractivity contribution in [3.05, 3.63) is 35.5 Å². The van der Waals surface area contributed by atoms with E-state index in [1.807, 2.05) is 6.92 Å². The third-order valence-corrected chi connectivity index (χ3v) is 3.16. The Morgan fingerprint density at radius 2 is 1.83 bits per heavy atom. The number of pyridine rings is 1. The van der Waals surface area contributed by atoms with Crippen LogP contribution < -0.4 is 33.3 Å². The van der Waals surface area contributed by atoms with Gasteiger partial charge in [0.1, 0.15) is 12.3 Å². The van der Waals surface area contributed by atoms with Crippen LogP contribution in [0.25, 0.3) is 10.9 Å². The summed E-state index contributed by atoms with van der Waals surface area (Å²) in [6.45, 7) is 10.2. The Kier molecular flexibility index (Phi) is 5.38. The minimum Gasteiger partial charge on any atom is -1.00 e. The summed E-state index contributed by atoms with van der Waals surface area (Å²) in [5.41, 5.74) is 3.90. The summed E-state index contributed by atoms with van der Waals surface area (Å²) in [5, 5.41) is 1.28. The molecule has 0 saturated heterocycles. The van der Waals surface area contributed by atoms with Gasteiger partial charge < -0.3 is 28.7 Å². The predicted octanol–water partition coefficient (Wildman–Crippen LogP) is 0.167. The molecule has 18 heavy (non-hydrogen) atoms. The molecule has 0 atom stereocenters. The Balaban J connectivity index is 0.00000162. The Labute approximate surface area is 126 Å². The number of ether oxygens (including phenoxy) is 1. The van der Waals surface area contributed by atoms with E-state index < -0.39 is 0 Å². The van der Waals surface area contributed by atoms with E-state index in [2.05, 4.69) is 49.6 Å². The fraction of sp³-hybridized carbons (Fsp3) is 0.400. The number of hydrogen-bond donors (Lipinski definition) is 0. The van der Waals surface area contributed by atoms with E-state index in [1.54, 1.807) is 0 Å². The molecule has 0 unspecified atom stereocenters. The number of rotatable bonds is 3. The van der Waals surface area contributed by atoms with Crippen LogP contribution in [-0.2, 0) is 6.54 Å². The zero-order valence-electron chi connectivity index (χ0n) is 11.5. The smallest absolute Gasteiger partial charge is 0.213 e. The molecule has 2 rings (SSSR count). The third kappa shape index (κ3) is 2.76. The van der Waals surface area contributed by atoms with Crippen molar-refractivity contribution in [2.45, 2.75) is 34.2 Å². The van der Waals surface area contributed by atoms with E-state index in [1.165, 1.54) is 22.2 Å². The van der Waals surface area contributed by atoms with E-state index in [9.17, 15) is 0 Å². The molecule has 1 aromatic heterocycles. The maximum absolute atomic E-state index is 5.56. The van der Waals surface area contributed by atoms with Gasteiger partial charge in [-0.1, -0.05) is 0 Å². The average molecular weight is 357 g/mol. The molecular formula is C15H20INO. The Morgan fingerprint density at radius 1 is 1.11 bits per heavy atom. The van der Waals surface area contributed by atoms with Gasteiger partial charge in [0.05, 0.1) is 12.0 Å². The van der Waals surface area contributed by atoms with Crippen LogP contribution in [0.15, 0.2) is 24.3 Å². The highest BCUT2D eigenvalue weighted by Gasteiger charge is 2.13. The predicted molar refractivity (Wildman–Crippen MR) is 70.5 cm³/mol. The standard InChI is InChI=1S/C15H20NO.HI/c1-5-16-12(4)9-11(3)14-10-13(17-6-2)7-8-15(14)16;/h7-10H,5-6H2,1-4H3;1H/q+1;/p-1. The zero-order valence-corrected chi connectivity index (χ0v) is 13.6. The van der Waals surface area contributed by atoms with Crippen molar-refractivity contribution >= 4 is 10.9 Å². The first-order valence-corrected chi connectivity index (χ1v) is 6.24. The number of aryl methyl sites for hydroxylation is 3. The topological polar surface area (TPSA) is 13.1 Å².